The van der Waals surface area contributed by atoms with Gasteiger partial charge in [-0.15, -0.1) is 0 Å². The molecule has 1 heterocycles. The number of carbonyl (C=O) groups is 1. The summed E-state index contributed by atoms with van der Waals surface area (Å²) in [5.74, 6) is 4.37. The van der Waals surface area contributed by atoms with E-state index in [4.69, 9.17) is 10.9 Å². The van der Waals surface area contributed by atoms with Gasteiger partial charge in [-0.05, 0) is 16.3 Å². The lowest BCUT2D eigenvalue weighted by Gasteiger charge is -2.17. The number of aliphatic hydroxyl groups excluding tert-OH is 1. The molecule has 0 aliphatic carbocycles. The van der Waals surface area contributed by atoms with Crippen LogP contribution in [0.3, 0.4) is 0 Å². The second-order valence-electron chi connectivity index (χ2n) is 3.79. The fraction of sp³-hybridized carbons (Fsp3) is 0.400. The molecular weight excluding hydrogens is 254 g/mol. The van der Waals surface area contributed by atoms with Crippen LogP contribution in [-0.2, 0) is 0 Å². The number of amides is 1. The molecule has 0 aliphatic heterocycles. The Bertz CT molecular complexity index is 479. The summed E-state index contributed by atoms with van der Waals surface area (Å²) in [6, 6.07) is 1.06. The van der Waals surface area contributed by atoms with Crippen LogP contribution in [0.4, 0.5) is 11.5 Å². The van der Waals surface area contributed by atoms with E-state index in [1.54, 1.807) is 0 Å². The Labute approximate surface area is 109 Å². The number of hydrogen-bond acceptors (Lipinski definition) is 7. The van der Waals surface area contributed by atoms with Crippen LogP contribution >= 0.6 is 0 Å². The molecule has 1 aromatic heterocycles. The van der Waals surface area contributed by atoms with Crippen LogP contribution < -0.4 is 11.3 Å². The first kappa shape index (κ1) is 14.8. The van der Waals surface area contributed by atoms with E-state index in [-0.39, 0.29) is 17.9 Å². The summed E-state index contributed by atoms with van der Waals surface area (Å²) >= 11 is 0. The molecule has 0 unspecified atom stereocenters. The van der Waals surface area contributed by atoms with Gasteiger partial charge in [0.25, 0.3) is 5.91 Å². The predicted octanol–water partition coefficient (Wildman–Crippen LogP) is -0.270. The number of carbonyl (C=O) groups excluding carboxylic acids is 1. The molecule has 1 rings (SSSR count). The van der Waals surface area contributed by atoms with E-state index < -0.39 is 16.6 Å². The monoisotopic (exact) mass is 269 g/mol. The molecule has 1 aromatic rings. The maximum absolute atomic E-state index is 12.1. The fourth-order valence-electron chi connectivity index (χ4n) is 1.45. The number of aromatic nitrogens is 1. The number of aliphatic hydroxyl groups is 1. The zero-order valence-electron chi connectivity index (χ0n) is 10.4. The van der Waals surface area contributed by atoms with E-state index >= 15 is 0 Å². The number of nitrogens with one attached hydrogen (secondary N) is 1. The number of nitrogen functional groups attached to an aromatic ring is 1. The van der Waals surface area contributed by atoms with Crippen molar-refractivity contribution in [1.82, 2.24) is 9.88 Å². The lowest BCUT2D eigenvalue weighted by molar-refractivity contribution is -0.389. The Balaban J connectivity index is 3.05. The molecule has 0 spiro atoms. The number of nitrogens with two attached hydrogens (primary N) is 1. The maximum Gasteiger partial charge on any atom is 0.364 e. The van der Waals surface area contributed by atoms with Gasteiger partial charge >= 0.3 is 5.82 Å². The number of nitro groups is 1. The summed E-state index contributed by atoms with van der Waals surface area (Å²) in [5, 5.41) is 19.4. The quantitative estimate of drug-likeness (QED) is 0.367. The SMILES string of the molecule is CN(CCCO)C(=O)c1cc([N+](=O)[O-])ncc1NN. The van der Waals surface area contributed by atoms with Crippen molar-refractivity contribution in [2.24, 2.45) is 5.84 Å². The molecule has 0 saturated heterocycles. The van der Waals surface area contributed by atoms with Gasteiger partial charge in [0.1, 0.15) is 5.69 Å². The van der Waals surface area contributed by atoms with Crippen molar-refractivity contribution < 1.29 is 14.8 Å². The minimum absolute atomic E-state index is 0.0455. The van der Waals surface area contributed by atoms with Crippen LogP contribution in [-0.4, -0.2) is 46.0 Å². The van der Waals surface area contributed by atoms with Crippen molar-refractivity contribution in [2.75, 3.05) is 25.6 Å². The van der Waals surface area contributed by atoms with E-state index in [1.165, 1.54) is 11.9 Å². The molecule has 104 valence electrons. The Kier molecular flexibility index (Phi) is 5.15. The van der Waals surface area contributed by atoms with Crippen LogP contribution in [0.25, 0.3) is 0 Å². The molecule has 9 heteroatoms. The molecule has 0 atom stereocenters. The molecule has 0 radical (unpaired) electrons. The molecule has 0 aromatic carbocycles. The van der Waals surface area contributed by atoms with Crippen LogP contribution in [0, 0.1) is 10.1 Å². The van der Waals surface area contributed by atoms with Crippen molar-refractivity contribution in [3.05, 3.63) is 27.9 Å². The summed E-state index contributed by atoms with van der Waals surface area (Å²) in [5.41, 5.74) is 2.53. The number of rotatable bonds is 6. The van der Waals surface area contributed by atoms with Crippen LogP contribution in [0.1, 0.15) is 16.8 Å². The number of hydrogen-bond donors (Lipinski definition) is 3. The highest BCUT2D eigenvalue weighted by Crippen LogP contribution is 2.20. The minimum atomic E-state index is -0.690. The van der Waals surface area contributed by atoms with Gasteiger partial charge in [-0.1, -0.05) is 0 Å². The van der Waals surface area contributed by atoms with E-state index in [0.717, 1.165) is 12.3 Å². The van der Waals surface area contributed by atoms with Crippen molar-refractivity contribution in [3.63, 3.8) is 0 Å². The average molecular weight is 269 g/mol. The lowest BCUT2D eigenvalue weighted by Crippen LogP contribution is -2.29. The van der Waals surface area contributed by atoms with Gasteiger partial charge in [0.05, 0.1) is 11.6 Å². The minimum Gasteiger partial charge on any atom is -0.396 e. The van der Waals surface area contributed by atoms with Gasteiger partial charge in [-0.25, -0.2) is 0 Å². The standard InChI is InChI=1S/C10H15N5O4/c1-14(3-2-4-16)10(17)7-5-9(15(18)19)12-6-8(7)13-11/h5-6,13,16H,2-4,11H2,1H3. The van der Waals surface area contributed by atoms with Gasteiger partial charge in [0.15, 0.2) is 6.20 Å². The Hall–Kier alpha value is -2.26. The molecule has 0 aliphatic rings. The first-order chi connectivity index (χ1) is 9.01. The zero-order chi connectivity index (χ0) is 14.4. The predicted molar refractivity (Wildman–Crippen MR) is 67.4 cm³/mol. The maximum atomic E-state index is 12.1. The highest BCUT2D eigenvalue weighted by Gasteiger charge is 2.20. The van der Waals surface area contributed by atoms with E-state index in [0.29, 0.717) is 13.0 Å². The van der Waals surface area contributed by atoms with Gasteiger partial charge in [-0.2, -0.15) is 0 Å². The van der Waals surface area contributed by atoms with E-state index in [9.17, 15) is 14.9 Å². The third-order valence-corrected chi connectivity index (χ3v) is 2.46. The topological polar surface area (TPSA) is 135 Å². The van der Waals surface area contributed by atoms with Crippen LogP contribution in [0.15, 0.2) is 12.3 Å². The number of hydrazine groups is 1. The molecule has 9 nitrogen and oxygen atoms in total. The normalized spacial score (nSPS) is 10.1. The van der Waals surface area contributed by atoms with Crippen molar-refractivity contribution >= 4 is 17.4 Å². The van der Waals surface area contributed by atoms with Crippen molar-refractivity contribution in [2.45, 2.75) is 6.42 Å². The van der Waals surface area contributed by atoms with Gasteiger partial charge in [-0.3, -0.25) is 10.6 Å². The Morgan fingerprint density at radius 1 is 1.68 bits per heavy atom. The molecular formula is C10H15N5O4. The number of anilines is 1. The largest absolute Gasteiger partial charge is 0.396 e. The first-order valence-corrected chi connectivity index (χ1v) is 5.48. The Morgan fingerprint density at radius 3 is 2.89 bits per heavy atom. The van der Waals surface area contributed by atoms with Crippen molar-refractivity contribution in [1.29, 1.82) is 0 Å². The molecule has 0 fully saturated rings. The summed E-state index contributed by atoms with van der Waals surface area (Å²) in [6.45, 7) is 0.283. The molecule has 4 N–H and O–H groups in total. The second kappa shape index (κ2) is 6.61. The van der Waals surface area contributed by atoms with Crippen molar-refractivity contribution in [3.8, 4) is 0 Å². The first-order valence-electron chi connectivity index (χ1n) is 5.48. The second-order valence-corrected chi connectivity index (χ2v) is 3.79. The summed E-state index contributed by atoms with van der Waals surface area (Å²) < 4.78 is 0. The fourth-order valence-corrected chi connectivity index (χ4v) is 1.45. The third-order valence-electron chi connectivity index (χ3n) is 2.46. The number of nitrogens with zero attached hydrogens (tertiary/aromatic N) is 3. The highest BCUT2D eigenvalue weighted by atomic mass is 16.6. The summed E-state index contributed by atoms with van der Waals surface area (Å²) in [6.07, 6.45) is 1.55. The summed E-state index contributed by atoms with van der Waals surface area (Å²) in [4.78, 5) is 27.0. The molecule has 0 bridgehead atoms. The van der Waals surface area contributed by atoms with Gasteiger partial charge < -0.3 is 25.5 Å². The van der Waals surface area contributed by atoms with Crippen LogP contribution in [0.5, 0.6) is 0 Å². The zero-order valence-corrected chi connectivity index (χ0v) is 10.4. The van der Waals surface area contributed by atoms with Crippen LogP contribution in [0.2, 0.25) is 0 Å². The molecule has 0 saturated carbocycles. The summed E-state index contributed by atoms with van der Waals surface area (Å²) in [7, 11) is 1.53. The van der Waals surface area contributed by atoms with Gasteiger partial charge in [0.2, 0.25) is 0 Å². The average Bonchev–Trinajstić information content (AvgIpc) is 2.42. The van der Waals surface area contributed by atoms with E-state index in [1.807, 2.05) is 0 Å². The Morgan fingerprint density at radius 2 is 2.37 bits per heavy atom. The highest BCUT2D eigenvalue weighted by molar-refractivity contribution is 5.99. The molecule has 1 amide bonds. The molecule has 19 heavy (non-hydrogen) atoms. The lowest BCUT2D eigenvalue weighted by atomic mass is 10.2. The number of pyridine rings is 1. The smallest absolute Gasteiger partial charge is 0.364 e. The van der Waals surface area contributed by atoms with Gasteiger partial charge in [0, 0.05) is 20.2 Å². The van der Waals surface area contributed by atoms with E-state index in [2.05, 4.69) is 10.4 Å². The third kappa shape index (κ3) is 3.60.